The van der Waals surface area contributed by atoms with E-state index in [4.69, 9.17) is 0 Å². The SMILES string of the molecule is C[C@@H]1C[C@@H](NC(C)(C)C)CCN1. The molecule has 2 heteroatoms. The maximum atomic E-state index is 3.65. The lowest BCUT2D eigenvalue weighted by Crippen LogP contribution is -2.50. The van der Waals surface area contributed by atoms with Crippen molar-refractivity contribution < 1.29 is 0 Å². The summed E-state index contributed by atoms with van der Waals surface area (Å²) in [5.41, 5.74) is 0.266. The molecule has 1 saturated heterocycles. The van der Waals surface area contributed by atoms with Crippen molar-refractivity contribution in [2.24, 2.45) is 0 Å². The van der Waals surface area contributed by atoms with Crippen molar-refractivity contribution in [2.45, 2.75) is 58.2 Å². The summed E-state index contributed by atoms with van der Waals surface area (Å²) in [5.74, 6) is 0. The molecule has 0 bridgehead atoms. The molecule has 12 heavy (non-hydrogen) atoms. The first kappa shape index (κ1) is 10.0. The van der Waals surface area contributed by atoms with Crippen LogP contribution < -0.4 is 10.6 Å². The molecule has 1 rings (SSSR count). The first-order valence-electron chi connectivity index (χ1n) is 4.98. The molecule has 0 spiro atoms. The molecule has 0 aliphatic carbocycles. The number of rotatable bonds is 1. The Balaban J connectivity index is 2.32. The van der Waals surface area contributed by atoms with Gasteiger partial charge in [0.1, 0.15) is 0 Å². The van der Waals surface area contributed by atoms with Crippen LogP contribution >= 0.6 is 0 Å². The molecule has 2 N–H and O–H groups in total. The van der Waals surface area contributed by atoms with E-state index in [-0.39, 0.29) is 5.54 Å². The van der Waals surface area contributed by atoms with Crippen LogP contribution in [0.25, 0.3) is 0 Å². The smallest absolute Gasteiger partial charge is 0.00991 e. The van der Waals surface area contributed by atoms with Gasteiger partial charge in [-0.1, -0.05) is 0 Å². The van der Waals surface area contributed by atoms with E-state index in [1.54, 1.807) is 0 Å². The van der Waals surface area contributed by atoms with Crippen LogP contribution in [0.15, 0.2) is 0 Å². The van der Waals surface area contributed by atoms with Gasteiger partial charge < -0.3 is 10.6 Å². The van der Waals surface area contributed by atoms with Gasteiger partial charge in [-0.25, -0.2) is 0 Å². The maximum absolute atomic E-state index is 3.65. The van der Waals surface area contributed by atoms with Crippen molar-refractivity contribution in [3.8, 4) is 0 Å². The molecule has 1 aliphatic rings. The van der Waals surface area contributed by atoms with Gasteiger partial charge in [0.15, 0.2) is 0 Å². The highest BCUT2D eigenvalue weighted by molar-refractivity contribution is 4.84. The lowest BCUT2D eigenvalue weighted by Gasteiger charge is -2.34. The highest BCUT2D eigenvalue weighted by atomic mass is 15.0. The Bertz CT molecular complexity index is 137. The quantitative estimate of drug-likeness (QED) is 0.623. The predicted octanol–water partition coefficient (Wildman–Crippen LogP) is 1.51. The van der Waals surface area contributed by atoms with Crippen LogP contribution in [0, 0.1) is 0 Å². The summed E-state index contributed by atoms with van der Waals surface area (Å²) in [6.07, 6.45) is 2.53. The van der Waals surface area contributed by atoms with E-state index in [1.807, 2.05) is 0 Å². The second-order valence-corrected chi connectivity index (χ2v) is 4.97. The molecule has 2 nitrogen and oxygen atoms in total. The van der Waals surface area contributed by atoms with Gasteiger partial charge in [0.2, 0.25) is 0 Å². The predicted molar refractivity (Wildman–Crippen MR) is 53.4 cm³/mol. The van der Waals surface area contributed by atoms with E-state index < -0.39 is 0 Å². The number of piperidine rings is 1. The van der Waals surface area contributed by atoms with Gasteiger partial charge in [0.05, 0.1) is 0 Å². The molecule has 0 aromatic rings. The minimum Gasteiger partial charge on any atom is -0.314 e. The van der Waals surface area contributed by atoms with Gasteiger partial charge >= 0.3 is 0 Å². The summed E-state index contributed by atoms with van der Waals surface area (Å²) in [5, 5.41) is 7.11. The summed E-state index contributed by atoms with van der Waals surface area (Å²) in [4.78, 5) is 0. The average Bonchev–Trinajstić information content (AvgIpc) is 1.82. The molecular formula is C10H22N2. The molecule has 0 unspecified atom stereocenters. The maximum Gasteiger partial charge on any atom is 0.00991 e. The second-order valence-electron chi connectivity index (χ2n) is 4.97. The van der Waals surface area contributed by atoms with E-state index in [0.717, 1.165) is 6.54 Å². The van der Waals surface area contributed by atoms with E-state index in [1.165, 1.54) is 12.8 Å². The molecule has 0 aromatic heterocycles. The van der Waals surface area contributed by atoms with Crippen molar-refractivity contribution >= 4 is 0 Å². The minimum absolute atomic E-state index is 0.266. The Labute approximate surface area is 76.1 Å². The average molecular weight is 170 g/mol. The van der Waals surface area contributed by atoms with Crippen molar-refractivity contribution in [2.75, 3.05) is 6.54 Å². The van der Waals surface area contributed by atoms with Gasteiger partial charge in [0, 0.05) is 17.6 Å². The van der Waals surface area contributed by atoms with Gasteiger partial charge in [0.25, 0.3) is 0 Å². The van der Waals surface area contributed by atoms with Gasteiger partial charge in [-0.2, -0.15) is 0 Å². The highest BCUT2D eigenvalue weighted by Gasteiger charge is 2.21. The Kier molecular flexibility index (Phi) is 3.13. The van der Waals surface area contributed by atoms with Crippen LogP contribution in [-0.4, -0.2) is 24.2 Å². The molecule has 72 valence electrons. The van der Waals surface area contributed by atoms with Crippen molar-refractivity contribution in [1.82, 2.24) is 10.6 Å². The zero-order valence-corrected chi connectivity index (χ0v) is 8.78. The molecule has 0 radical (unpaired) electrons. The van der Waals surface area contributed by atoms with Crippen LogP contribution in [0.5, 0.6) is 0 Å². The Hall–Kier alpha value is -0.0800. The summed E-state index contributed by atoms with van der Waals surface area (Å²) in [7, 11) is 0. The Morgan fingerprint density at radius 2 is 2.00 bits per heavy atom. The summed E-state index contributed by atoms with van der Waals surface area (Å²) >= 11 is 0. The number of hydrogen-bond donors (Lipinski definition) is 2. The first-order valence-corrected chi connectivity index (χ1v) is 4.98. The molecule has 2 atom stereocenters. The topological polar surface area (TPSA) is 24.1 Å². The highest BCUT2D eigenvalue weighted by Crippen LogP contribution is 2.12. The van der Waals surface area contributed by atoms with E-state index in [2.05, 4.69) is 38.3 Å². The van der Waals surface area contributed by atoms with E-state index >= 15 is 0 Å². The molecule has 0 amide bonds. The van der Waals surface area contributed by atoms with Gasteiger partial charge in [-0.15, -0.1) is 0 Å². The minimum atomic E-state index is 0.266. The summed E-state index contributed by atoms with van der Waals surface area (Å²) in [6.45, 7) is 10.1. The van der Waals surface area contributed by atoms with E-state index in [0.29, 0.717) is 12.1 Å². The Morgan fingerprint density at radius 1 is 1.33 bits per heavy atom. The molecule has 1 fully saturated rings. The van der Waals surface area contributed by atoms with Crippen molar-refractivity contribution in [1.29, 1.82) is 0 Å². The third-order valence-corrected chi connectivity index (χ3v) is 2.26. The molecule has 1 heterocycles. The fourth-order valence-electron chi connectivity index (χ4n) is 1.88. The zero-order valence-electron chi connectivity index (χ0n) is 8.78. The standard InChI is InChI=1S/C10H22N2/c1-8-7-9(5-6-11-8)12-10(2,3)4/h8-9,11-12H,5-7H2,1-4H3/t8-,9+/m1/s1. The summed E-state index contributed by atoms with van der Waals surface area (Å²) in [6, 6.07) is 1.39. The normalized spacial score (nSPS) is 32.0. The third kappa shape index (κ3) is 3.55. The number of hydrogen-bond acceptors (Lipinski definition) is 2. The Morgan fingerprint density at radius 3 is 2.50 bits per heavy atom. The molecular weight excluding hydrogens is 148 g/mol. The van der Waals surface area contributed by atoms with Crippen LogP contribution in [0.1, 0.15) is 40.5 Å². The fourth-order valence-corrected chi connectivity index (χ4v) is 1.88. The number of nitrogens with one attached hydrogen (secondary N) is 2. The lowest BCUT2D eigenvalue weighted by molar-refractivity contribution is 0.274. The van der Waals surface area contributed by atoms with Crippen LogP contribution in [-0.2, 0) is 0 Å². The van der Waals surface area contributed by atoms with Gasteiger partial charge in [-0.05, 0) is 47.1 Å². The van der Waals surface area contributed by atoms with Crippen LogP contribution in [0.4, 0.5) is 0 Å². The van der Waals surface area contributed by atoms with Crippen molar-refractivity contribution in [3.05, 3.63) is 0 Å². The first-order chi connectivity index (χ1) is 5.47. The van der Waals surface area contributed by atoms with Gasteiger partial charge in [-0.3, -0.25) is 0 Å². The monoisotopic (exact) mass is 170 g/mol. The zero-order chi connectivity index (χ0) is 9.19. The lowest BCUT2D eigenvalue weighted by atomic mass is 9.97. The largest absolute Gasteiger partial charge is 0.314 e. The third-order valence-electron chi connectivity index (χ3n) is 2.26. The molecule has 0 aromatic carbocycles. The van der Waals surface area contributed by atoms with Crippen molar-refractivity contribution in [3.63, 3.8) is 0 Å². The van der Waals surface area contributed by atoms with Crippen LogP contribution in [0.2, 0.25) is 0 Å². The second kappa shape index (κ2) is 3.75. The summed E-state index contributed by atoms with van der Waals surface area (Å²) < 4.78 is 0. The van der Waals surface area contributed by atoms with Crippen LogP contribution in [0.3, 0.4) is 0 Å². The molecule has 0 saturated carbocycles. The fraction of sp³-hybridized carbons (Fsp3) is 1.00. The molecule has 1 aliphatic heterocycles. The van der Waals surface area contributed by atoms with E-state index in [9.17, 15) is 0 Å².